The number of anilines is 1. The van der Waals surface area contributed by atoms with Crippen molar-refractivity contribution in [2.45, 2.75) is 27.3 Å². The molecule has 112 valence electrons. The van der Waals surface area contributed by atoms with Crippen LogP contribution in [-0.4, -0.2) is 14.7 Å². The van der Waals surface area contributed by atoms with Crippen molar-refractivity contribution in [2.75, 3.05) is 10.6 Å². The molecule has 2 aromatic carbocycles. The number of hydrogen-bond acceptors (Lipinski definition) is 2. The van der Waals surface area contributed by atoms with E-state index in [0.29, 0.717) is 6.54 Å². The van der Waals surface area contributed by atoms with Gasteiger partial charge in [0.1, 0.15) is 0 Å². The Bertz CT molecular complexity index is 751. The summed E-state index contributed by atoms with van der Waals surface area (Å²) in [4.78, 5) is 0. The molecule has 0 saturated carbocycles. The van der Waals surface area contributed by atoms with E-state index in [4.69, 9.17) is 0 Å². The number of nitrogens with zero attached hydrogens (tertiary/aromatic N) is 1. The molecule has 0 spiro atoms. The van der Waals surface area contributed by atoms with Gasteiger partial charge in [-0.3, -0.25) is 4.31 Å². The Hall–Kier alpha value is -1.81. The molecule has 3 nitrogen and oxygen atoms in total. The van der Waals surface area contributed by atoms with Crippen LogP contribution < -0.4 is 4.31 Å². The van der Waals surface area contributed by atoms with Crippen molar-refractivity contribution in [3.05, 3.63) is 64.7 Å². The summed E-state index contributed by atoms with van der Waals surface area (Å²) in [6, 6.07) is 13.7. The minimum atomic E-state index is -3.33. The van der Waals surface area contributed by atoms with E-state index in [1.807, 2.05) is 63.2 Å². The number of rotatable bonds is 4. The van der Waals surface area contributed by atoms with Crippen molar-refractivity contribution < 1.29 is 8.42 Å². The van der Waals surface area contributed by atoms with Crippen molar-refractivity contribution in [3.63, 3.8) is 0 Å². The van der Waals surface area contributed by atoms with Crippen LogP contribution in [0.3, 0.4) is 0 Å². The highest BCUT2D eigenvalue weighted by molar-refractivity contribution is 7.92. The van der Waals surface area contributed by atoms with Crippen molar-refractivity contribution in [2.24, 2.45) is 0 Å². The second kappa shape index (κ2) is 5.90. The SMILES string of the molecule is Cc1ccc(N(Cc2ccccc2C)S(C)(=O)=O)c(C)c1. The first kappa shape index (κ1) is 15.6. The highest BCUT2D eigenvalue weighted by Crippen LogP contribution is 2.26. The molecule has 0 fully saturated rings. The first-order valence-corrected chi connectivity index (χ1v) is 8.73. The van der Waals surface area contributed by atoms with Gasteiger partial charge in [0.05, 0.1) is 18.5 Å². The fourth-order valence-corrected chi connectivity index (χ4v) is 3.34. The number of hydrogen-bond donors (Lipinski definition) is 0. The molecule has 21 heavy (non-hydrogen) atoms. The quantitative estimate of drug-likeness (QED) is 0.866. The van der Waals surface area contributed by atoms with E-state index in [0.717, 1.165) is 27.9 Å². The molecule has 0 aliphatic rings. The van der Waals surface area contributed by atoms with E-state index >= 15 is 0 Å². The molecule has 0 aromatic heterocycles. The molecule has 0 aliphatic carbocycles. The molecule has 0 amide bonds. The van der Waals surface area contributed by atoms with Gasteiger partial charge in [0.15, 0.2) is 0 Å². The lowest BCUT2D eigenvalue weighted by Crippen LogP contribution is -2.30. The Labute approximate surface area is 127 Å². The second-order valence-corrected chi connectivity index (χ2v) is 7.39. The summed E-state index contributed by atoms with van der Waals surface area (Å²) in [6.45, 7) is 6.30. The molecule has 0 saturated heterocycles. The van der Waals surface area contributed by atoms with Crippen molar-refractivity contribution in [3.8, 4) is 0 Å². The number of sulfonamides is 1. The van der Waals surface area contributed by atoms with Crippen molar-refractivity contribution in [1.29, 1.82) is 0 Å². The Morgan fingerprint density at radius 1 is 0.952 bits per heavy atom. The molecular formula is C17H21NO2S. The molecule has 2 rings (SSSR count). The van der Waals surface area contributed by atoms with E-state index in [1.54, 1.807) is 0 Å². The summed E-state index contributed by atoms with van der Waals surface area (Å²) < 4.78 is 25.9. The summed E-state index contributed by atoms with van der Waals surface area (Å²) in [5, 5.41) is 0. The molecule has 0 unspecified atom stereocenters. The lowest BCUT2D eigenvalue weighted by molar-refractivity contribution is 0.596. The van der Waals surface area contributed by atoms with Gasteiger partial charge in [0.2, 0.25) is 10.0 Å². The standard InChI is InChI=1S/C17H21NO2S/c1-13-9-10-17(15(3)11-13)18(21(4,19)20)12-16-8-6-5-7-14(16)2/h5-11H,12H2,1-4H3. The second-order valence-electron chi connectivity index (χ2n) is 5.49. The van der Waals surface area contributed by atoms with Crippen LogP contribution in [0.25, 0.3) is 0 Å². The third-order valence-electron chi connectivity index (χ3n) is 3.60. The zero-order valence-corrected chi connectivity index (χ0v) is 13.7. The lowest BCUT2D eigenvalue weighted by Gasteiger charge is -2.25. The fraction of sp³-hybridized carbons (Fsp3) is 0.294. The number of benzene rings is 2. The predicted octanol–water partition coefficient (Wildman–Crippen LogP) is 3.58. The van der Waals surface area contributed by atoms with E-state index in [2.05, 4.69) is 0 Å². The van der Waals surface area contributed by atoms with Crippen LogP contribution in [0.2, 0.25) is 0 Å². The van der Waals surface area contributed by atoms with Gasteiger partial charge in [0, 0.05) is 0 Å². The van der Waals surface area contributed by atoms with Gasteiger partial charge < -0.3 is 0 Å². The Kier molecular flexibility index (Phi) is 4.37. The van der Waals surface area contributed by atoms with Crippen molar-refractivity contribution >= 4 is 15.7 Å². The molecule has 0 aliphatic heterocycles. The average molecular weight is 303 g/mol. The van der Waals surface area contributed by atoms with E-state index in [9.17, 15) is 8.42 Å². The van der Waals surface area contributed by atoms with Crippen LogP contribution in [0, 0.1) is 20.8 Å². The summed E-state index contributed by atoms with van der Waals surface area (Å²) in [5.41, 5.74) is 4.94. The van der Waals surface area contributed by atoms with Gasteiger partial charge in [-0.2, -0.15) is 0 Å². The molecular weight excluding hydrogens is 282 g/mol. The van der Waals surface area contributed by atoms with Crippen LogP contribution in [0.4, 0.5) is 5.69 Å². The van der Waals surface area contributed by atoms with Crippen LogP contribution in [0.5, 0.6) is 0 Å². The largest absolute Gasteiger partial charge is 0.266 e. The summed E-state index contributed by atoms with van der Waals surface area (Å²) >= 11 is 0. The average Bonchev–Trinajstić information content (AvgIpc) is 2.37. The first-order valence-electron chi connectivity index (χ1n) is 6.88. The van der Waals surface area contributed by atoms with Gasteiger partial charge in [0.25, 0.3) is 0 Å². The van der Waals surface area contributed by atoms with Gasteiger partial charge in [-0.05, 0) is 43.5 Å². The van der Waals surface area contributed by atoms with E-state index in [-0.39, 0.29) is 0 Å². The lowest BCUT2D eigenvalue weighted by atomic mass is 10.1. The summed E-state index contributed by atoms with van der Waals surface area (Å²) in [7, 11) is -3.33. The van der Waals surface area contributed by atoms with E-state index < -0.39 is 10.0 Å². The topological polar surface area (TPSA) is 37.4 Å². The molecule has 2 aromatic rings. The molecule has 0 heterocycles. The summed E-state index contributed by atoms with van der Waals surface area (Å²) in [6.07, 6.45) is 1.25. The zero-order chi connectivity index (χ0) is 15.6. The van der Waals surface area contributed by atoms with Gasteiger partial charge in [-0.1, -0.05) is 42.0 Å². The normalized spacial score (nSPS) is 11.4. The third-order valence-corrected chi connectivity index (χ3v) is 4.72. The third kappa shape index (κ3) is 3.64. The van der Waals surface area contributed by atoms with Gasteiger partial charge in [-0.15, -0.1) is 0 Å². The minimum absolute atomic E-state index is 0.357. The highest BCUT2D eigenvalue weighted by Gasteiger charge is 2.20. The molecule has 0 atom stereocenters. The first-order chi connectivity index (χ1) is 9.79. The Morgan fingerprint density at radius 3 is 2.19 bits per heavy atom. The Morgan fingerprint density at radius 2 is 1.62 bits per heavy atom. The minimum Gasteiger partial charge on any atom is -0.266 e. The molecule has 0 radical (unpaired) electrons. The maximum absolute atomic E-state index is 12.2. The maximum atomic E-state index is 12.2. The van der Waals surface area contributed by atoms with E-state index in [1.165, 1.54) is 10.6 Å². The highest BCUT2D eigenvalue weighted by atomic mass is 32.2. The van der Waals surface area contributed by atoms with Gasteiger partial charge >= 0.3 is 0 Å². The number of aryl methyl sites for hydroxylation is 3. The van der Waals surface area contributed by atoms with Crippen molar-refractivity contribution in [1.82, 2.24) is 0 Å². The van der Waals surface area contributed by atoms with Gasteiger partial charge in [-0.25, -0.2) is 8.42 Å². The van der Waals surface area contributed by atoms with Crippen LogP contribution in [0.15, 0.2) is 42.5 Å². The summed E-state index contributed by atoms with van der Waals surface area (Å²) in [5.74, 6) is 0. The maximum Gasteiger partial charge on any atom is 0.232 e. The monoisotopic (exact) mass is 303 g/mol. The zero-order valence-electron chi connectivity index (χ0n) is 12.9. The van der Waals surface area contributed by atoms with Crippen LogP contribution in [0.1, 0.15) is 22.3 Å². The van der Waals surface area contributed by atoms with Crippen LogP contribution >= 0.6 is 0 Å². The van der Waals surface area contributed by atoms with Crippen LogP contribution in [-0.2, 0) is 16.6 Å². The Balaban J connectivity index is 2.48. The smallest absolute Gasteiger partial charge is 0.232 e. The fourth-order valence-electron chi connectivity index (χ4n) is 2.41. The predicted molar refractivity (Wildman–Crippen MR) is 88.1 cm³/mol. The molecule has 0 bridgehead atoms. The molecule has 0 N–H and O–H groups in total. The molecule has 4 heteroatoms.